The molecule has 2 rings (SSSR count). The van der Waals surface area contributed by atoms with Crippen molar-refractivity contribution in [1.29, 1.82) is 0 Å². The van der Waals surface area contributed by atoms with Gasteiger partial charge in [0.15, 0.2) is 0 Å². The Hall–Kier alpha value is -1.51. The fraction of sp³-hybridized carbons (Fsp3) is 0.625. The molecule has 8 heteroatoms. The highest BCUT2D eigenvalue weighted by Gasteiger charge is 2.27. The minimum atomic E-state index is -3.55. The molecule has 2 N–H and O–H groups in total. The molecule has 0 spiro atoms. The number of nitrogens with zero attached hydrogens (tertiary/aromatic N) is 2. The lowest BCUT2D eigenvalue weighted by molar-refractivity contribution is -0.116. The van der Waals surface area contributed by atoms with E-state index in [1.165, 1.54) is 10.7 Å². The third kappa shape index (κ3) is 5.54. The summed E-state index contributed by atoms with van der Waals surface area (Å²) in [6.07, 6.45) is 5.17. The van der Waals surface area contributed by atoms with E-state index in [1.54, 1.807) is 19.2 Å². The van der Waals surface area contributed by atoms with E-state index in [0.29, 0.717) is 5.82 Å². The van der Waals surface area contributed by atoms with Crippen molar-refractivity contribution in [3.05, 3.63) is 23.9 Å². The standard InChI is InChI=1S/C16H26N4O3S/c1-13-7-6-10-15(18-13)19-16(21)11-12-17-24(22,23)20(2)14-8-4-3-5-9-14/h6-7,10,14,17H,3-5,8-9,11-12H2,1-2H3,(H,18,19,21). The Morgan fingerprint density at radius 1 is 1.29 bits per heavy atom. The van der Waals surface area contributed by atoms with E-state index in [1.807, 2.05) is 13.0 Å². The molecule has 134 valence electrons. The molecular formula is C16H26N4O3S. The van der Waals surface area contributed by atoms with Gasteiger partial charge in [0.25, 0.3) is 10.2 Å². The summed E-state index contributed by atoms with van der Waals surface area (Å²) in [4.78, 5) is 16.1. The van der Waals surface area contributed by atoms with Crippen LogP contribution >= 0.6 is 0 Å². The number of hydrogen-bond donors (Lipinski definition) is 2. The van der Waals surface area contributed by atoms with Crippen molar-refractivity contribution < 1.29 is 13.2 Å². The average Bonchev–Trinajstić information content (AvgIpc) is 2.54. The Balaban J connectivity index is 1.78. The zero-order chi connectivity index (χ0) is 17.6. The number of rotatable bonds is 7. The van der Waals surface area contributed by atoms with Gasteiger partial charge in [0.1, 0.15) is 5.82 Å². The molecule has 1 heterocycles. The van der Waals surface area contributed by atoms with E-state index in [0.717, 1.165) is 31.4 Å². The zero-order valence-electron chi connectivity index (χ0n) is 14.3. The second-order valence-corrected chi connectivity index (χ2v) is 7.98. The summed E-state index contributed by atoms with van der Waals surface area (Å²) >= 11 is 0. The number of hydrogen-bond acceptors (Lipinski definition) is 4. The number of anilines is 1. The maximum Gasteiger partial charge on any atom is 0.279 e. The highest BCUT2D eigenvalue weighted by Crippen LogP contribution is 2.22. The van der Waals surface area contributed by atoms with Gasteiger partial charge >= 0.3 is 0 Å². The number of aryl methyl sites for hydroxylation is 1. The van der Waals surface area contributed by atoms with E-state index in [2.05, 4.69) is 15.0 Å². The molecule has 24 heavy (non-hydrogen) atoms. The molecular weight excluding hydrogens is 328 g/mol. The van der Waals surface area contributed by atoms with Gasteiger partial charge in [-0.2, -0.15) is 12.7 Å². The van der Waals surface area contributed by atoms with Crippen molar-refractivity contribution in [3.8, 4) is 0 Å². The molecule has 1 aromatic heterocycles. The molecule has 0 bridgehead atoms. The van der Waals surface area contributed by atoms with E-state index in [4.69, 9.17) is 0 Å². The number of aromatic nitrogens is 1. The zero-order valence-corrected chi connectivity index (χ0v) is 15.1. The number of pyridine rings is 1. The molecule has 0 aliphatic heterocycles. The average molecular weight is 354 g/mol. The first-order valence-corrected chi connectivity index (χ1v) is 9.78. The van der Waals surface area contributed by atoms with Crippen molar-refractivity contribution in [2.75, 3.05) is 18.9 Å². The molecule has 1 aliphatic carbocycles. The highest BCUT2D eigenvalue weighted by atomic mass is 32.2. The van der Waals surface area contributed by atoms with Gasteiger partial charge in [-0.25, -0.2) is 9.71 Å². The maximum absolute atomic E-state index is 12.3. The monoisotopic (exact) mass is 354 g/mol. The van der Waals surface area contributed by atoms with Crippen molar-refractivity contribution in [1.82, 2.24) is 14.0 Å². The summed E-state index contributed by atoms with van der Waals surface area (Å²) in [6.45, 7) is 1.90. The van der Waals surface area contributed by atoms with Gasteiger partial charge in [-0.05, 0) is 31.9 Å². The molecule has 7 nitrogen and oxygen atoms in total. The second kappa shape index (κ2) is 8.55. The predicted octanol–water partition coefficient (Wildman–Crippen LogP) is 1.82. The second-order valence-electron chi connectivity index (χ2n) is 6.17. The number of carbonyl (C=O) groups excluding carboxylic acids is 1. The van der Waals surface area contributed by atoms with Crippen LogP contribution in [0.2, 0.25) is 0 Å². The first kappa shape index (κ1) is 18.8. The Bertz CT molecular complexity index is 657. The lowest BCUT2D eigenvalue weighted by atomic mass is 9.96. The van der Waals surface area contributed by atoms with Gasteiger partial charge in [-0.3, -0.25) is 4.79 Å². The predicted molar refractivity (Wildman–Crippen MR) is 93.8 cm³/mol. The largest absolute Gasteiger partial charge is 0.311 e. The van der Waals surface area contributed by atoms with Crippen molar-refractivity contribution in [2.45, 2.75) is 51.5 Å². The quantitative estimate of drug-likeness (QED) is 0.781. The van der Waals surface area contributed by atoms with Crippen LogP contribution in [0.15, 0.2) is 18.2 Å². The number of amides is 1. The molecule has 0 saturated heterocycles. The molecule has 0 radical (unpaired) electrons. The molecule has 1 aliphatic rings. The summed E-state index contributed by atoms with van der Waals surface area (Å²) in [7, 11) is -1.94. The Morgan fingerprint density at radius 3 is 2.67 bits per heavy atom. The van der Waals surface area contributed by atoms with E-state index < -0.39 is 10.2 Å². The minimum Gasteiger partial charge on any atom is -0.311 e. The number of nitrogens with one attached hydrogen (secondary N) is 2. The summed E-state index contributed by atoms with van der Waals surface area (Å²) in [6, 6.07) is 5.40. The smallest absolute Gasteiger partial charge is 0.279 e. The lowest BCUT2D eigenvalue weighted by Gasteiger charge is -2.30. The first-order valence-electron chi connectivity index (χ1n) is 8.34. The molecule has 0 atom stereocenters. The Morgan fingerprint density at radius 2 is 2.00 bits per heavy atom. The number of carbonyl (C=O) groups is 1. The maximum atomic E-state index is 12.3. The van der Waals surface area contributed by atoms with Crippen LogP contribution in [0.3, 0.4) is 0 Å². The van der Waals surface area contributed by atoms with E-state index in [-0.39, 0.29) is 24.9 Å². The van der Waals surface area contributed by atoms with Gasteiger partial charge in [0, 0.05) is 31.7 Å². The third-order valence-corrected chi connectivity index (χ3v) is 5.89. The molecule has 0 unspecified atom stereocenters. The molecule has 1 fully saturated rings. The summed E-state index contributed by atoms with van der Waals surface area (Å²) in [5, 5.41) is 2.66. The van der Waals surface area contributed by atoms with Crippen LogP contribution in [0.5, 0.6) is 0 Å². The van der Waals surface area contributed by atoms with Gasteiger partial charge in [-0.1, -0.05) is 25.3 Å². The van der Waals surface area contributed by atoms with Crippen LogP contribution in [0.4, 0.5) is 5.82 Å². The molecule has 1 aromatic rings. The van der Waals surface area contributed by atoms with Crippen LogP contribution in [0.1, 0.15) is 44.2 Å². The minimum absolute atomic E-state index is 0.0570. The first-order chi connectivity index (χ1) is 11.4. The highest BCUT2D eigenvalue weighted by molar-refractivity contribution is 7.87. The van der Waals surface area contributed by atoms with Crippen LogP contribution in [0.25, 0.3) is 0 Å². The topological polar surface area (TPSA) is 91.4 Å². The van der Waals surface area contributed by atoms with Gasteiger partial charge < -0.3 is 5.32 Å². The lowest BCUT2D eigenvalue weighted by Crippen LogP contribution is -2.45. The SMILES string of the molecule is Cc1cccc(NC(=O)CCNS(=O)(=O)N(C)C2CCCCC2)n1. The van der Waals surface area contributed by atoms with Gasteiger partial charge in [0.05, 0.1) is 0 Å². The molecule has 0 aromatic carbocycles. The summed E-state index contributed by atoms with van der Waals surface area (Å²) < 4.78 is 28.5. The normalized spacial score (nSPS) is 16.3. The fourth-order valence-electron chi connectivity index (χ4n) is 2.85. The van der Waals surface area contributed by atoms with Crippen LogP contribution in [-0.2, 0) is 15.0 Å². The van der Waals surface area contributed by atoms with Crippen molar-refractivity contribution >= 4 is 21.9 Å². The molecule has 1 saturated carbocycles. The van der Waals surface area contributed by atoms with E-state index >= 15 is 0 Å². The Labute approximate surface area is 144 Å². The summed E-state index contributed by atoms with van der Waals surface area (Å²) in [5.41, 5.74) is 0.808. The van der Waals surface area contributed by atoms with E-state index in [9.17, 15) is 13.2 Å². The fourth-order valence-corrected chi connectivity index (χ4v) is 4.02. The van der Waals surface area contributed by atoms with Crippen LogP contribution < -0.4 is 10.0 Å². The van der Waals surface area contributed by atoms with Crippen LogP contribution in [-0.4, -0.2) is 43.2 Å². The van der Waals surface area contributed by atoms with Crippen LogP contribution in [0, 0.1) is 6.92 Å². The summed E-state index contributed by atoms with van der Waals surface area (Å²) in [5.74, 6) is 0.207. The van der Waals surface area contributed by atoms with Gasteiger partial charge in [-0.15, -0.1) is 0 Å². The molecule has 1 amide bonds. The van der Waals surface area contributed by atoms with Gasteiger partial charge in [0.2, 0.25) is 5.91 Å². The van der Waals surface area contributed by atoms with Crippen molar-refractivity contribution in [3.63, 3.8) is 0 Å². The third-order valence-electron chi connectivity index (χ3n) is 4.26. The Kier molecular flexibility index (Phi) is 6.70. The van der Waals surface area contributed by atoms with Crippen molar-refractivity contribution in [2.24, 2.45) is 0 Å².